The van der Waals surface area contributed by atoms with E-state index in [2.05, 4.69) is 58.0 Å². The van der Waals surface area contributed by atoms with Crippen molar-refractivity contribution in [1.29, 1.82) is 0 Å². The van der Waals surface area contributed by atoms with Crippen LogP contribution in [0.5, 0.6) is 0 Å². The lowest BCUT2D eigenvalue weighted by atomic mass is 9.81. The number of aromatic nitrogens is 3. The number of rotatable bonds is 8. The molecule has 2 aromatic heterocycles. The normalized spacial score (nSPS) is 16.6. The van der Waals surface area contributed by atoms with E-state index < -0.39 is 0 Å². The van der Waals surface area contributed by atoms with E-state index in [1.165, 1.54) is 5.56 Å². The number of amides is 1. The second kappa shape index (κ2) is 13.5. The molecular formula is C37H49N7O3. The fraction of sp³-hybridized carbons (Fsp3) is 0.486. The lowest BCUT2D eigenvalue weighted by molar-refractivity contribution is 0.0950. The Bertz CT molecular complexity index is 1920. The minimum Gasteiger partial charge on any atom is -0.385 e. The maximum Gasteiger partial charge on any atom is 0.329 e. The Balaban J connectivity index is 1.47. The number of hydrogen-bond donors (Lipinski definition) is 4. The van der Waals surface area contributed by atoms with E-state index in [-0.39, 0.29) is 29.7 Å². The van der Waals surface area contributed by atoms with Crippen LogP contribution < -0.4 is 27.2 Å². The molecule has 0 unspecified atom stereocenters. The van der Waals surface area contributed by atoms with Crippen LogP contribution in [0.3, 0.4) is 0 Å². The molecule has 2 aromatic carbocycles. The van der Waals surface area contributed by atoms with Gasteiger partial charge in [0.1, 0.15) is 0 Å². The van der Waals surface area contributed by atoms with Crippen LogP contribution in [0, 0.1) is 20.8 Å². The summed E-state index contributed by atoms with van der Waals surface area (Å²) in [7, 11) is 4.00. The predicted molar refractivity (Wildman–Crippen MR) is 190 cm³/mol. The largest absolute Gasteiger partial charge is 0.385 e. The highest BCUT2D eigenvalue weighted by Crippen LogP contribution is 2.43. The summed E-state index contributed by atoms with van der Waals surface area (Å²) in [4.78, 5) is 45.5. The van der Waals surface area contributed by atoms with Crippen molar-refractivity contribution in [1.82, 2.24) is 29.7 Å². The molecular weight excluding hydrogens is 590 g/mol. The molecule has 47 heavy (non-hydrogen) atoms. The van der Waals surface area contributed by atoms with Crippen LogP contribution in [-0.4, -0.2) is 64.7 Å². The first-order valence-corrected chi connectivity index (χ1v) is 17.1. The second-order valence-electron chi connectivity index (χ2n) is 13.5. The van der Waals surface area contributed by atoms with E-state index in [1.807, 2.05) is 44.5 Å². The topological polar surface area (TPSA) is 116 Å². The number of benzene rings is 2. The smallest absolute Gasteiger partial charge is 0.329 e. The average molecular weight is 640 g/mol. The summed E-state index contributed by atoms with van der Waals surface area (Å²) in [5.41, 5.74) is 9.60. The highest BCUT2D eigenvalue weighted by Gasteiger charge is 2.28. The number of pyridine rings is 1. The van der Waals surface area contributed by atoms with Gasteiger partial charge in [-0.3, -0.25) is 18.7 Å². The van der Waals surface area contributed by atoms with E-state index in [1.54, 1.807) is 4.57 Å². The number of carbonyl (C=O) groups excluding carboxylic acids is 1. The predicted octanol–water partition coefficient (Wildman–Crippen LogP) is 4.72. The Labute approximate surface area is 276 Å². The van der Waals surface area contributed by atoms with Crippen LogP contribution in [0.2, 0.25) is 0 Å². The molecule has 0 aliphatic carbocycles. The number of hydrogen-bond acceptors (Lipinski definition) is 6. The van der Waals surface area contributed by atoms with E-state index in [0.717, 1.165) is 96.5 Å². The summed E-state index contributed by atoms with van der Waals surface area (Å²) < 4.78 is 3.77. The van der Waals surface area contributed by atoms with Crippen LogP contribution in [0.25, 0.3) is 22.2 Å². The van der Waals surface area contributed by atoms with E-state index in [0.29, 0.717) is 23.6 Å². The zero-order chi connectivity index (χ0) is 33.4. The molecule has 4 aromatic rings. The van der Waals surface area contributed by atoms with Crippen molar-refractivity contribution in [3.63, 3.8) is 0 Å². The van der Waals surface area contributed by atoms with Crippen LogP contribution >= 0.6 is 0 Å². The second-order valence-corrected chi connectivity index (χ2v) is 13.5. The molecule has 0 atom stereocenters. The zero-order valence-corrected chi connectivity index (χ0v) is 28.7. The Morgan fingerprint density at radius 3 is 2.36 bits per heavy atom. The molecule has 10 heteroatoms. The summed E-state index contributed by atoms with van der Waals surface area (Å²) in [6.07, 6.45) is 3.90. The molecule has 6 rings (SSSR count). The fourth-order valence-electron chi connectivity index (χ4n) is 7.72. The molecule has 2 aliphatic heterocycles. The van der Waals surface area contributed by atoms with Crippen molar-refractivity contribution >= 4 is 22.6 Å². The SMILES string of the molecule is CCNc1c(C)c(C(=O)NCc2c(C)cc(C)[nH]c2=O)cc(-c2ccc3c(c2)n(C)c(=O)n3C2CCN(C)CC2)c1C1CCNCC1. The van der Waals surface area contributed by atoms with Crippen molar-refractivity contribution in [2.45, 2.75) is 71.9 Å². The van der Waals surface area contributed by atoms with Gasteiger partial charge >= 0.3 is 5.69 Å². The van der Waals surface area contributed by atoms with E-state index in [9.17, 15) is 14.4 Å². The van der Waals surface area contributed by atoms with Gasteiger partial charge in [0.05, 0.1) is 11.0 Å². The molecule has 4 heterocycles. The number of likely N-dealkylation sites (tertiary alicyclic amines) is 1. The molecule has 2 aliphatic rings. The van der Waals surface area contributed by atoms with Crippen molar-refractivity contribution in [3.8, 4) is 11.1 Å². The van der Waals surface area contributed by atoms with Gasteiger partial charge in [0.15, 0.2) is 0 Å². The molecule has 250 valence electrons. The molecule has 0 radical (unpaired) electrons. The third kappa shape index (κ3) is 6.28. The van der Waals surface area contributed by atoms with Gasteiger partial charge in [-0.15, -0.1) is 0 Å². The third-order valence-electron chi connectivity index (χ3n) is 10.3. The first-order chi connectivity index (χ1) is 22.6. The molecule has 4 N–H and O–H groups in total. The standard InChI is InChI=1S/C37H49N7O3/c1-7-39-34-24(4)28(35(45)40-21-30-22(2)18-23(3)41-36(30)46)20-29(33(34)25-10-14-38-15-11-25)26-8-9-31-32(19-26)43(6)37(47)44(31)27-12-16-42(5)17-13-27/h8-9,18-20,25,27,38-39H,7,10-17,21H2,1-6H3,(H,40,45)(H,41,46). The van der Waals surface area contributed by atoms with Crippen LogP contribution in [0.15, 0.2) is 39.9 Å². The molecule has 2 saturated heterocycles. The van der Waals surface area contributed by atoms with E-state index in [4.69, 9.17) is 0 Å². The Morgan fingerprint density at radius 2 is 1.68 bits per heavy atom. The lowest BCUT2D eigenvalue weighted by Crippen LogP contribution is -2.35. The Morgan fingerprint density at radius 1 is 0.957 bits per heavy atom. The summed E-state index contributed by atoms with van der Waals surface area (Å²) in [6.45, 7) is 12.5. The minimum atomic E-state index is -0.221. The van der Waals surface area contributed by atoms with Gasteiger partial charge in [0.2, 0.25) is 0 Å². The summed E-state index contributed by atoms with van der Waals surface area (Å²) in [5.74, 6) is 0.0919. The van der Waals surface area contributed by atoms with Crippen LogP contribution in [0.1, 0.15) is 82.9 Å². The van der Waals surface area contributed by atoms with Gasteiger partial charge in [0.25, 0.3) is 11.5 Å². The van der Waals surface area contributed by atoms with Gasteiger partial charge < -0.3 is 25.8 Å². The van der Waals surface area contributed by atoms with Gasteiger partial charge in [-0.25, -0.2) is 4.79 Å². The monoisotopic (exact) mass is 639 g/mol. The Kier molecular flexibility index (Phi) is 9.43. The number of nitrogens with one attached hydrogen (secondary N) is 4. The zero-order valence-electron chi connectivity index (χ0n) is 28.7. The minimum absolute atomic E-state index is 0.0176. The number of piperidine rings is 2. The fourth-order valence-corrected chi connectivity index (χ4v) is 7.72. The van der Waals surface area contributed by atoms with Gasteiger partial charge in [0, 0.05) is 48.7 Å². The van der Waals surface area contributed by atoms with Crippen LogP contribution in [0.4, 0.5) is 5.69 Å². The van der Waals surface area contributed by atoms with Crippen molar-refractivity contribution in [2.24, 2.45) is 7.05 Å². The number of aryl methyl sites for hydroxylation is 3. The van der Waals surface area contributed by atoms with E-state index >= 15 is 0 Å². The Hall–Kier alpha value is -4.15. The molecule has 1 amide bonds. The maximum atomic E-state index is 14.0. The third-order valence-corrected chi connectivity index (χ3v) is 10.3. The number of fused-ring (bicyclic) bond motifs is 1. The average Bonchev–Trinajstić information content (AvgIpc) is 3.30. The number of anilines is 1. The number of carbonyl (C=O) groups is 1. The summed E-state index contributed by atoms with van der Waals surface area (Å²) in [6, 6.07) is 10.5. The molecule has 10 nitrogen and oxygen atoms in total. The van der Waals surface area contributed by atoms with Crippen molar-refractivity contribution < 1.29 is 4.79 Å². The van der Waals surface area contributed by atoms with Gasteiger partial charge in [-0.2, -0.15) is 0 Å². The quantitative estimate of drug-likeness (QED) is 0.222. The van der Waals surface area contributed by atoms with Gasteiger partial charge in [-0.1, -0.05) is 6.07 Å². The number of aromatic amines is 1. The van der Waals surface area contributed by atoms with Gasteiger partial charge in [-0.05, 0) is 145 Å². The van der Waals surface area contributed by atoms with Crippen molar-refractivity contribution in [3.05, 3.63) is 84.7 Å². The van der Waals surface area contributed by atoms with Crippen LogP contribution in [-0.2, 0) is 13.6 Å². The summed E-state index contributed by atoms with van der Waals surface area (Å²) >= 11 is 0. The number of imidazole rings is 1. The highest BCUT2D eigenvalue weighted by atomic mass is 16.2. The first-order valence-electron chi connectivity index (χ1n) is 17.1. The number of H-pyrrole nitrogens is 1. The maximum absolute atomic E-state index is 14.0. The van der Waals surface area contributed by atoms with Crippen molar-refractivity contribution in [2.75, 3.05) is 45.1 Å². The molecule has 0 bridgehead atoms. The number of nitrogens with zero attached hydrogens (tertiary/aromatic N) is 3. The molecule has 2 fully saturated rings. The summed E-state index contributed by atoms with van der Waals surface area (Å²) in [5, 5.41) is 10.2. The molecule has 0 saturated carbocycles. The first kappa shape index (κ1) is 32.8. The highest BCUT2D eigenvalue weighted by molar-refractivity contribution is 6.00. The molecule has 0 spiro atoms. The lowest BCUT2D eigenvalue weighted by Gasteiger charge is -2.30.